The number of amides is 1. The van der Waals surface area contributed by atoms with Gasteiger partial charge in [-0.05, 0) is 18.3 Å². The topological polar surface area (TPSA) is 61.9 Å². The SMILES string of the molecule is CC(C)(C)CN1CCCC(Sc2ncn[nH]2)C1=O. The van der Waals surface area contributed by atoms with Crippen molar-refractivity contribution in [1.29, 1.82) is 0 Å². The summed E-state index contributed by atoms with van der Waals surface area (Å²) in [6, 6.07) is 0. The number of carbonyl (C=O) groups excluding carboxylic acids is 1. The molecule has 1 amide bonds. The molecule has 18 heavy (non-hydrogen) atoms. The Morgan fingerprint density at radius 1 is 1.56 bits per heavy atom. The van der Waals surface area contributed by atoms with Gasteiger partial charge in [-0.25, -0.2) is 4.98 Å². The number of aromatic nitrogens is 3. The van der Waals surface area contributed by atoms with Crippen LogP contribution in [0.3, 0.4) is 0 Å². The molecule has 0 aromatic carbocycles. The molecule has 100 valence electrons. The smallest absolute Gasteiger partial charge is 0.236 e. The van der Waals surface area contributed by atoms with Crippen molar-refractivity contribution >= 4 is 17.7 Å². The third-order valence-electron chi connectivity index (χ3n) is 2.79. The summed E-state index contributed by atoms with van der Waals surface area (Å²) in [6.07, 6.45) is 3.46. The first-order chi connectivity index (χ1) is 8.46. The number of nitrogens with zero attached hydrogens (tertiary/aromatic N) is 3. The molecular formula is C12H20N4OS. The highest BCUT2D eigenvalue weighted by Gasteiger charge is 2.32. The van der Waals surface area contributed by atoms with Gasteiger partial charge in [-0.15, -0.1) is 0 Å². The Morgan fingerprint density at radius 2 is 2.33 bits per heavy atom. The number of H-pyrrole nitrogens is 1. The number of likely N-dealkylation sites (tertiary alicyclic amines) is 1. The Kier molecular flexibility index (Phi) is 3.94. The minimum absolute atomic E-state index is 0.0194. The zero-order valence-electron chi connectivity index (χ0n) is 11.1. The summed E-state index contributed by atoms with van der Waals surface area (Å²) < 4.78 is 0. The fourth-order valence-electron chi connectivity index (χ4n) is 2.13. The molecule has 0 saturated carbocycles. The first kappa shape index (κ1) is 13.4. The monoisotopic (exact) mass is 268 g/mol. The van der Waals surface area contributed by atoms with Crippen LogP contribution in [-0.2, 0) is 4.79 Å². The second kappa shape index (κ2) is 5.30. The molecule has 1 aliphatic rings. The lowest BCUT2D eigenvalue weighted by atomic mass is 9.94. The molecule has 1 aliphatic heterocycles. The number of piperidine rings is 1. The van der Waals surface area contributed by atoms with Gasteiger partial charge in [-0.3, -0.25) is 9.89 Å². The van der Waals surface area contributed by atoms with Crippen molar-refractivity contribution in [2.24, 2.45) is 5.41 Å². The van der Waals surface area contributed by atoms with Crippen LogP contribution in [0, 0.1) is 5.41 Å². The number of hydrogen-bond acceptors (Lipinski definition) is 4. The molecular weight excluding hydrogens is 248 g/mol. The van der Waals surface area contributed by atoms with Crippen molar-refractivity contribution in [3.05, 3.63) is 6.33 Å². The average molecular weight is 268 g/mol. The fraction of sp³-hybridized carbons (Fsp3) is 0.750. The van der Waals surface area contributed by atoms with E-state index in [0.29, 0.717) is 0 Å². The van der Waals surface area contributed by atoms with Crippen molar-refractivity contribution < 1.29 is 4.79 Å². The summed E-state index contributed by atoms with van der Waals surface area (Å²) in [5, 5.41) is 7.32. The second-order valence-electron chi connectivity index (χ2n) is 5.86. The van der Waals surface area contributed by atoms with E-state index in [9.17, 15) is 4.79 Å². The first-order valence-electron chi connectivity index (χ1n) is 6.26. The number of aromatic amines is 1. The predicted molar refractivity (Wildman–Crippen MR) is 71.3 cm³/mol. The van der Waals surface area contributed by atoms with Gasteiger partial charge in [-0.2, -0.15) is 5.10 Å². The van der Waals surface area contributed by atoms with E-state index in [4.69, 9.17) is 0 Å². The van der Waals surface area contributed by atoms with E-state index in [1.807, 2.05) is 4.90 Å². The maximum atomic E-state index is 12.4. The van der Waals surface area contributed by atoms with Gasteiger partial charge >= 0.3 is 0 Å². The standard InChI is InChI=1S/C12H20N4OS/c1-12(2,3)7-16-6-4-5-9(10(16)17)18-11-13-8-14-15-11/h8-9H,4-7H2,1-3H3,(H,13,14,15). The highest BCUT2D eigenvalue weighted by molar-refractivity contribution is 8.00. The van der Waals surface area contributed by atoms with Gasteiger partial charge in [0.2, 0.25) is 5.91 Å². The van der Waals surface area contributed by atoms with Crippen molar-refractivity contribution in [3.8, 4) is 0 Å². The van der Waals surface area contributed by atoms with Crippen LogP contribution in [-0.4, -0.2) is 44.3 Å². The molecule has 1 fully saturated rings. The summed E-state index contributed by atoms with van der Waals surface area (Å²) >= 11 is 1.49. The summed E-state index contributed by atoms with van der Waals surface area (Å²) in [5.74, 6) is 0.234. The number of rotatable bonds is 3. The van der Waals surface area contributed by atoms with Crippen molar-refractivity contribution in [2.75, 3.05) is 13.1 Å². The minimum Gasteiger partial charge on any atom is -0.341 e. The number of thioether (sulfide) groups is 1. The molecule has 1 unspecified atom stereocenters. The molecule has 0 radical (unpaired) electrons. The van der Waals surface area contributed by atoms with Gasteiger partial charge in [0.05, 0.1) is 5.25 Å². The van der Waals surface area contributed by atoms with E-state index in [2.05, 4.69) is 36.0 Å². The minimum atomic E-state index is -0.0194. The van der Waals surface area contributed by atoms with Crippen LogP contribution in [0.2, 0.25) is 0 Å². The Morgan fingerprint density at radius 3 is 2.94 bits per heavy atom. The summed E-state index contributed by atoms with van der Waals surface area (Å²) in [7, 11) is 0. The molecule has 5 nitrogen and oxygen atoms in total. The molecule has 1 aromatic rings. The highest BCUT2D eigenvalue weighted by atomic mass is 32.2. The van der Waals surface area contributed by atoms with E-state index >= 15 is 0 Å². The zero-order chi connectivity index (χ0) is 13.2. The molecule has 1 N–H and O–H groups in total. The molecule has 1 saturated heterocycles. The predicted octanol–water partition coefficient (Wildman–Crippen LogP) is 1.93. The third kappa shape index (κ3) is 3.48. The van der Waals surface area contributed by atoms with Crippen LogP contribution in [0.4, 0.5) is 0 Å². The Labute approximate surface area is 112 Å². The molecule has 1 atom stereocenters. The van der Waals surface area contributed by atoms with Gasteiger partial charge in [0.25, 0.3) is 0 Å². The number of carbonyl (C=O) groups is 1. The number of nitrogens with one attached hydrogen (secondary N) is 1. The van der Waals surface area contributed by atoms with Crippen LogP contribution >= 0.6 is 11.8 Å². The highest BCUT2D eigenvalue weighted by Crippen LogP contribution is 2.29. The van der Waals surface area contributed by atoms with Gasteiger partial charge in [0.1, 0.15) is 6.33 Å². The first-order valence-corrected chi connectivity index (χ1v) is 7.14. The molecule has 0 bridgehead atoms. The Balaban J connectivity index is 1.98. The van der Waals surface area contributed by atoms with E-state index in [-0.39, 0.29) is 16.6 Å². The average Bonchev–Trinajstić information content (AvgIpc) is 2.75. The number of hydrogen-bond donors (Lipinski definition) is 1. The normalized spacial score (nSPS) is 21.4. The molecule has 1 aromatic heterocycles. The molecule has 6 heteroatoms. The Bertz CT molecular complexity index is 399. The van der Waals surface area contributed by atoms with E-state index in [1.165, 1.54) is 18.1 Å². The van der Waals surface area contributed by atoms with E-state index in [0.717, 1.165) is 31.1 Å². The Hall–Kier alpha value is -1.04. The van der Waals surface area contributed by atoms with Crippen molar-refractivity contribution in [2.45, 2.75) is 44.0 Å². The van der Waals surface area contributed by atoms with E-state index in [1.54, 1.807) is 0 Å². The molecule has 0 spiro atoms. The van der Waals surface area contributed by atoms with Gasteiger partial charge in [-0.1, -0.05) is 32.5 Å². The van der Waals surface area contributed by atoms with E-state index < -0.39 is 0 Å². The van der Waals surface area contributed by atoms with Gasteiger partial charge < -0.3 is 4.90 Å². The third-order valence-corrected chi connectivity index (χ3v) is 3.94. The summed E-state index contributed by atoms with van der Waals surface area (Å²) in [5.41, 5.74) is 0.147. The van der Waals surface area contributed by atoms with Crippen molar-refractivity contribution in [1.82, 2.24) is 20.1 Å². The van der Waals surface area contributed by atoms with Crippen LogP contribution in [0.5, 0.6) is 0 Å². The maximum Gasteiger partial charge on any atom is 0.236 e. The molecule has 2 rings (SSSR count). The lowest BCUT2D eigenvalue weighted by molar-refractivity contribution is -0.133. The lowest BCUT2D eigenvalue weighted by Crippen LogP contribution is -2.46. The largest absolute Gasteiger partial charge is 0.341 e. The quantitative estimate of drug-likeness (QED) is 0.910. The molecule has 0 aliphatic carbocycles. The summed E-state index contributed by atoms with van der Waals surface area (Å²) in [6.45, 7) is 8.18. The molecule has 2 heterocycles. The van der Waals surface area contributed by atoms with Crippen LogP contribution in [0.15, 0.2) is 11.5 Å². The summed E-state index contributed by atoms with van der Waals surface area (Å²) in [4.78, 5) is 18.4. The lowest BCUT2D eigenvalue weighted by Gasteiger charge is -2.35. The van der Waals surface area contributed by atoms with Crippen LogP contribution in [0.1, 0.15) is 33.6 Å². The van der Waals surface area contributed by atoms with Gasteiger partial charge in [0, 0.05) is 13.1 Å². The zero-order valence-corrected chi connectivity index (χ0v) is 12.0. The maximum absolute atomic E-state index is 12.4. The van der Waals surface area contributed by atoms with Crippen molar-refractivity contribution in [3.63, 3.8) is 0 Å². The van der Waals surface area contributed by atoms with Crippen LogP contribution < -0.4 is 0 Å². The second-order valence-corrected chi connectivity index (χ2v) is 7.05. The van der Waals surface area contributed by atoms with Gasteiger partial charge in [0.15, 0.2) is 5.16 Å². The fourth-order valence-corrected chi connectivity index (χ4v) is 3.15. The van der Waals surface area contributed by atoms with Crippen LogP contribution in [0.25, 0.3) is 0 Å².